The lowest BCUT2D eigenvalue weighted by Crippen LogP contribution is -2.23. The molecule has 0 saturated heterocycles. The first kappa shape index (κ1) is 12.9. The molecule has 0 fully saturated rings. The summed E-state index contributed by atoms with van der Waals surface area (Å²) in [5, 5.41) is 12.4. The van der Waals surface area contributed by atoms with Gasteiger partial charge in [-0.3, -0.25) is 0 Å². The van der Waals surface area contributed by atoms with E-state index in [2.05, 4.69) is 0 Å². The number of rotatable bonds is 1. The van der Waals surface area contributed by atoms with Gasteiger partial charge < -0.3 is 9.52 Å². The third-order valence-electron chi connectivity index (χ3n) is 4.20. The number of hydrogen-bond acceptors (Lipinski definition) is 2. The number of furan rings is 1. The van der Waals surface area contributed by atoms with Gasteiger partial charge >= 0.3 is 0 Å². The zero-order valence-corrected chi connectivity index (χ0v) is 11.8. The molecule has 0 radical (unpaired) electrons. The summed E-state index contributed by atoms with van der Waals surface area (Å²) in [6.45, 7) is 0. The first-order chi connectivity index (χ1) is 10.1. The molecule has 0 aliphatic heterocycles. The Bertz CT molecular complexity index is 855. The van der Waals surface area contributed by atoms with E-state index < -0.39 is 5.60 Å². The lowest BCUT2D eigenvalue weighted by molar-refractivity contribution is 0.0605. The maximum Gasteiger partial charge on any atom is 0.153 e. The summed E-state index contributed by atoms with van der Waals surface area (Å²) in [5.74, 6) is 0.132. The van der Waals surface area contributed by atoms with E-state index >= 15 is 0 Å². The molecule has 3 aromatic rings. The molecule has 2 nitrogen and oxygen atoms in total. The first-order valence-electron chi connectivity index (χ1n) is 6.78. The van der Waals surface area contributed by atoms with Gasteiger partial charge in [-0.1, -0.05) is 35.9 Å². The van der Waals surface area contributed by atoms with Crippen molar-refractivity contribution in [2.45, 2.75) is 18.4 Å². The van der Waals surface area contributed by atoms with Crippen LogP contribution in [-0.2, 0) is 12.0 Å². The van der Waals surface area contributed by atoms with E-state index in [9.17, 15) is 9.50 Å². The minimum Gasteiger partial charge on any atom is -0.456 e. The molecule has 2 aromatic carbocycles. The standard InChI is InChI=1S/C17H12ClFO2/c18-13-5-1-3-10-9-15(21-16(10)13)17(20)8-7-11-12(17)4-2-6-14(11)19/h1-6,9,20H,7-8H2. The molecular weight excluding hydrogens is 291 g/mol. The van der Waals surface area contributed by atoms with E-state index in [1.807, 2.05) is 12.1 Å². The Morgan fingerprint density at radius 1 is 1.19 bits per heavy atom. The zero-order valence-electron chi connectivity index (χ0n) is 11.1. The lowest BCUT2D eigenvalue weighted by Gasteiger charge is -2.21. The summed E-state index contributed by atoms with van der Waals surface area (Å²) >= 11 is 6.11. The normalized spacial score (nSPS) is 20.9. The van der Waals surface area contributed by atoms with Crippen molar-refractivity contribution in [3.63, 3.8) is 0 Å². The first-order valence-corrected chi connectivity index (χ1v) is 7.16. The number of halogens is 2. The second kappa shape index (κ2) is 4.33. The van der Waals surface area contributed by atoms with Gasteiger partial charge in [-0.15, -0.1) is 0 Å². The van der Waals surface area contributed by atoms with Crippen molar-refractivity contribution in [2.24, 2.45) is 0 Å². The number of fused-ring (bicyclic) bond motifs is 2. The summed E-state index contributed by atoms with van der Waals surface area (Å²) in [6, 6.07) is 12.0. The van der Waals surface area contributed by atoms with Gasteiger partial charge in [-0.25, -0.2) is 4.39 Å². The molecule has 4 rings (SSSR count). The Morgan fingerprint density at radius 2 is 2.00 bits per heavy atom. The molecule has 1 atom stereocenters. The molecule has 106 valence electrons. The van der Waals surface area contributed by atoms with Gasteiger partial charge in [0.25, 0.3) is 0 Å². The maximum absolute atomic E-state index is 13.9. The van der Waals surface area contributed by atoms with Gasteiger partial charge in [0.05, 0.1) is 5.02 Å². The average Bonchev–Trinajstić information content (AvgIpc) is 3.04. The Labute approximate surface area is 125 Å². The number of hydrogen-bond donors (Lipinski definition) is 1. The molecular formula is C17H12ClFO2. The molecule has 0 spiro atoms. The van der Waals surface area contributed by atoms with Gasteiger partial charge in [0.15, 0.2) is 5.58 Å². The minimum absolute atomic E-state index is 0.280. The van der Waals surface area contributed by atoms with E-state index in [1.54, 1.807) is 24.3 Å². The molecule has 0 amide bonds. The fourth-order valence-electron chi connectivity index (χ4n) is 3.13. The van der Waals surface area contributed by atoms with Crippen LogP contribution in [0.5, 0.6) is 0 Å². The highest BCUT2D eigenvalue weighted by Crippen LogP contribution is 2.44. The summed E-state index contributed by atoms with van der Waals surface area (Å²) in [4.78, 5) is 0. The molecule has 1 unspecified atom stereocenters. The molecule has 1 aliphatic rings. The smallest absolute Gasteiger partial charge is 0.153 e. The van der Waals surface area contributed by atoms with E-state index in [-0.39, 0.29) is 5.82 Å². The minimum atomic E-state index is -1.29. The summed E-state index contributed by atoms with van der Waals surface area (Å²) in [6.07, 6.45) is 0.893. The Morgan fingerprint density at radius 3 is 2.81 bits per heavy atom. The predicted molar refractivity (Wildman–Crippen MR) is 78.9 cm³/mol. The second-order valence-corrected chi connectivity index (χ2v) is 5.80. The predicted octanol–water partition coefficient (Wildman–Crippen LogP) is 4.41. The third-order valence-corrected chi connectivity index (χ3v) is 4.50. The van der Waals surface area contributed by atoms with Crippen LogP contribution in [0.1, 0.15) is 23.3 Å². The molecule has 0 saturated carbocycles. The highest BCUT2D eigenvalue weighted by molar-refractivity contribution is 6.34. The van der Waals surface area contributed by atoms with Crippen LogP contribution in [0.2, 0.25) is 5.02 Å². The van der Waals surface area contributed by atoms with E-state index in [0.717, 1.165) is 5.39 Å². The number of benzene rings is 2. The van der Waals surface area contributed by atoms with Crippen LogP contribution in [0.25, 0.3) is 11.0 Å². The topological polar surface area (TPSA) is 33.4 Å². The van der Waals surface area contributed by atoms with E-state index in [4.69, 9.17) is 16.0 Å². The van der Waals surface area contributed by atoms with Crippen LogP contribution in [0, 0.1) is 5.82 Å². The van der Waals surface area contributed by atoms with Crippen molar-refractivity contribution in [1.82, 2.24) is 0 Å². The molecule has 1 aromatic heterocycles. The van der Waals surface area contributed by atoms with Gasteiger partial charge in [0.1, 0.15) is 17.2 Å². The van der Waals surface area contributed by atoms with Crippen LogP contribution in [0.3, 0.4) is 0 Å². The SMILES string of the molecule is OC1(c2cc3cccc(Cl)c3o2)CCc2c(F)cccc21. The van der Waals surface area contributed by atoms with Crippen LogP contribution in [0.15, 0.2) is 46.9 Å². The highest BCUT2D eigenvalue weighted by atomic mass is 35.5. The van der Waals surface area contributed by atoms with Crippen molar-refractivity contribution in [2.75, 3.05) is 0 Å². The zero-order chi connectivity index (χ0) is 14.6. The second-order valence-electron chi connectivity index (χ2n) is 5.40. The number of aliphatic hydroxyl groups is 1. The van der Waals surface area contributed by atoms with Crippen LogP contribution in [0.4, 0.5) is 4.39 Å². The highest BCUT2D eigenvalue weighted by Gasteiger charge is 2.42. The van der Waals surface area contributed by atoms with Gasteiger partial charge in [0, 0.05) is 5.39 Å². The van der Waals surface area contributed by atoms with Crippen LogP contribution >= 0.6 is 11.6 Å². The molecule has 4 heteroatoms. The van der Waals surface area contributed by atoms with Crippen molar-refractivity contribution < 1.29 is 13.9 Å². The van der Waals surface area contributed by atoms with Crippen molar-refractivity contribution >= 4 is 22.6 Å². The molecule has 1 heterocycles. The molecule has 1 N–H and O–H groups in total. The molecule has 0 bridgehead atoms. The monoisotopic (exact) mass is 302 g/mol. The maximum atomic E-state index is 13.9. The quantitative estimate of drug-likeness (QED) is 0.722. The fourth-order valence-corrected chi connectivity index (χ4v) is 3.35. The average molecular weight is 303 g/mol. The van der Waals surface area contributed by atoms with Crippen molar-refractivity contribution in [3.05, 3.63) is 70.2 Å². The van der Waals surface area contributed by atoms with Crippen molar-refractivity contribution in [3.8, 4) is 0 Å². The van der Waals surface area contributed by atoms with Crippen LogP contribution in [-0.4, -0.2) is 5.11 Å². The summed E-state index contributed by atoms with van der Waals surface area (Å²) in [5.41, 5.74) is 0.399. The van der Waals surface area contributed by atoms with Gasteiger partial charge in [-0.05, 0) is 42.2 Å². The van der Waals surface area contributed by atoms with E-state index in [1.165, 1.54) is 6.07 Å². The lowest BCUT2D eigenvalue weighted by atomic mass is 9.93. The van der Waals surface area contributed by atoms with Gasteiger partial charge in [-0.2, -0.15) is 0 Å². The summed E-state index contributed by atoms with van der Waals surface area (Å²) in [7, 11) is 0. The number of para-hydroxylation sites is 1. The van der Waals surface area contributed by atoms with Crippen LogP contribution < -0.4 is 0 Å². The Kier molecular flexibility index (Phi) is 2.65. The van der Waals surface area contributed by atoms with Gasteiger partial charge in [0.2, 0.25) is 0 Å². The molecule has 21 heavy (non-hydrogen) atoms. The fraction of sp³-hybridized carbons (Fsp3) is 0.176. The summed E-state index contributed by atoms with van der Waals surface area (Å²) < 4.78 is 19.6. The largest absolute Gasteiger partial charge is 0.456 e. The van der Waals surface area contributed by atoms with E-state index in [0.29, 0.717) is 40.3 Å². The third kappa shape index (κ3) is 1.74. The Balaban J connectivity index is 1.94. The Hall–Kier alpha value is -1.84. The van der Waals surface area contributed by atoms with Crippen molar-refractivity contribution in [1.29, 1.82) is 0 Å². The molecule has 1 aliphatic carbocycles.